The van der Waals surface area contributed by atoms with Gasteiger partial charge >= 0.3 is 12.0 Å². The van der Waals surface area contributed by atoms with Gasteiger partial charge in [0.25, 0.3) is 0 Å². The molecule has 1 atom stereocenters. The van der Waals surface area contributed by atoms with Crippen LogP contribution in [0.5, 0.6) is 0 Å². The molecule has 0 aromatic rings. The first-order valence-electron chi connectivity index (χ1n) is 6.98. The van der Waals surface area contributed by atoms with Crippen molar-refractivity contribution in [3.05, 3.63) is 0 Å². The van der Waals surface area contributed by atoms with E-state index < -0.39 is 11.5 Å². The predicted molar refractivity (Wildman–Crippen MR) is 71.0 cm³/mol. The van der Waals surface area contributed by atoms with Crippen LogP contribution in [0.2, 0.25) is 0 Å². The number of amides is 2. The maximum atomic E-state index is 12.0. The number of carbonyl (C=O) groups is 2. The Kier molecular flexibility index (Phi) is 4.29. The van der Waals surface area contributed by atoms with Gasteiger partial charge in [-0.25, -0.2) is 4.79 Å². The van der Waals surface area contributed by atoms with Crippen LogP contribution in [0.25, 0.3) is 0 Å². The summed E-state index contributed by atoms with van der Waals surface area (Å²) < 4.78 is 0. The number of nitrogens with one attached hydrogen (secondary N) is 2. The zero-order valence-electron chi connectivity index (χ0n) is 11.4. The van der Waals surface area contributed by atoms with Crippen LogP contribution < -0.4 is 10.6 Å². The molecule has 0 radical (unpaired) electrons. The molecule has 2 aliphatic rings. The largest absolute Gasteiger partial charge is 0.481 e. The third kappa shape index (κ3) is 3.83. The molecule has 1 saturated carbocycles. The van der Waals surface area contributed by atoms with E-state index in [1.165, 1.54) is 0 Å². The molecule has 108 valence electrons. The normalized spacial score (nSPS) is 26.3. The molecule has 2 fully saturated rings. The van der Waals surface area contributed by atoms with Crippen molar-refractivity contribution in [1.29, 1.82) is 0 Å². The quantitative estimate of drug-likeness (QED) is 0.704. The van der Waals surface area contributed by atoms with Crippen LogP contribution in [-0.4, -0.2) is 53.7 Å². The topological polar surface area (TPSA) is 81.7 Å². The average molecular weight is 269 g/mol. The van der Waals surface area contributed by atoms with E-state index in [0.717, 1.165) is 45.2 Å². The van der Waals surface area contributed by atoms with Crippen molar-refractivity contribution >= 4 is 12.0 Å². The van der Waals surface area contributed by atoms with Gasteiger partial charge < -0.3 is 20.6 Å². The second-order valence-corrected chi connectivity index (χ2v) is 5.90. The Hall–Kier alpha value is -1.30. The minimum Gasteiger partial charge on any atom is -0.481 e. The molecule has 1 aliphatic carbocycles. The molecule has 2 amide bonds. The molecule has 0 aromatic heterocycles. The third-order valence-corrected chi connectivity index (χ3v) is 4.14. The van der Waals surface area contributed by atoms with Gasteiger partial charge in [-0.1, -0.05) is 0 Å². The predicted octanol–water partition coefficient (Wildman–Crippen LogP) is 0.777. The molecule has 19 heavy (non-hydrogen) atoms. The maximum Gasteiger partial charge on any atom is 0.315 e. The van der Waals surface area contributed by atoms with Crippen LogP contribution in [-0.2, 0) is 4.79 Å². The number of carbonyl (C=O) groups excluding carboxylic acids is 1. The van der Waals surface area contributed by atoms with Gasteiger partial charge in [0.1, 0.15) is 0 Å². The lowest BCUT2D eigenvalue weighted by Crippen LogP contribution is -2.59. The van der Waals surface area contributed by atoms with E-state index in [0.29, 0.717) is 0 Å². The first kappa shape index (κ1) is 14.1. The molecule has 3 N–H and O–H groups in total. The lowest BCUT2D eigenvalue weighted by atomic mass is 9.74. The van der Waals surface area contributed by atoms with E-state index in [4.69, 9.17) is 5.11 Å². The highest BCUT2D eigenvalue weighted by molar-refractivity contribution is 5.77. The van der Waals surface area contributed by atoms with E-state index in [1.807, 2.05) is 7.05 Å². The van der Waals surface area contributed by atoms with Crippen molar-refractivity contribution in [2.45, 2.75) is 50.1 Å². The van der Waals surface area contributed by atoms with Crippen LogP contribution in [0.15, 0.2) is 0 Å². The average Bonchev–Trinajstić information content (AvgIpc) is 2.25. The van der Waals surface area contributed by atoms with E-state index in [2.05, 4.69) is 15.5 Å². The molecule has 1 saturated heterocycles. The number of likely N-dealkylation sites (tertiary alicyclic amines) is 1. The van der Waals surface area contributed by atoms with Crippen LogP contribution in [0.3, 0.4) is 0 Å². The number of carboxylic acid groups (broad SMARTS) is 1. The number of piperidine rings is 1. The van der Waals surface area contributed by atoms with E-state index in [1.54, 1.807) is 0 Å². The number of rotatable bonds is 4. The molecular weight excluding hydrogens is 246 g/mol. The molecule has 0 spiro atoms. The molecule has 1 heterocycles. The van der Waals surface area contributed by atoms with Crippen LogP contribution in [0.1, 0.15) is 38.5 Å². The Balaban J connectivity index is 1.81. The number of likely N-dealkylation sites (N-methyl/N-ethyl adjacent to an activating group) is 1. The molecule has 1 unspecified atom stereocenters. The Bertz CT molecular complexity index is 355. The lowest BCUT2D eigenvalue weighted by Gasteiger charge is -2.42. The lowest BCUT2D eigenvalue weighted by molar-refractivity contribution is -0.139. The summed E-state index contributed by atoms with van der Waals surface area (Å²) in [6.45, 7) is 1.93. The maximum absolute atomic E-state index is 12.0. The molecule has 6 nitrogen and oxygen atoms in total. The number of hydrogen-bond acceptors (Lipinski definition) is 3. The van der Waals surface area contributed by atoms with E-state index in [-0.39, 0.29) is 18.5 Å². The first-order valence-corrected chi connectivity index (χ1v) is 6.98. The fraction of sp³-hybridized carbons (Fsp3) is 0.846. The van der Waals surface area contributed by atoms with Crippen molar-refractivity contribution in [3.63, 3.8) is 0 Å². The van der Waals surface area contributed by atoms with Crippen LogP contribution in [0, 0.1) is 0 Å². The number of nitrogens with zero attached hydrogens (tertiary/aromatic N) is 1. The summed E-state index contributed by atoms with van der Waals surface area (Å²) in [6.07, 6.45) is 4.60. The second-order valence-electron chi connectivity index (χ2n) is 5.90. The number of aliphatic carboxylic acids is 1. The van der Waals surface area contributed by atoms with Crippen LogP contribution >= 0.6 is 0 Å². The summed E-state index contributed by atoms with van der Waals surface area (Å²) in [5.74, 6) is -0.850. The van der Waals surface area contributed by atoms with Gasteiger partial charge in [0.15, 0.2) is 0 Å². The summed E-state index contributed by atoms with van der Waals surface area (Å²) in [7, 11) is 2.05. The van der Waals surface area contributed by atoms with E-state index in [9.17, 15) is 9.59 Å². The van der Waals surface area contributed by atoms with Crippen molar-refractivity contribution in [3.8, 4) is 0 Å². The minimum atomic E-state index is -0.850. The molecule has 2 rings (SSSR count). The van der Waals surface area contributed by atoms with Gasteiger partial charge in [0.05, 0.1) is 12.0 Å². The third-order valence-electron chi connectivity index (χ3n) is 4.14. The van der Waals surface area contributed by atoms with Crippen molar-refractivity contribution in [2.75, 3.05) is 20.1 Å². The SMILES string of the molecule is CN1CCCC(NC(=O)NC2(CC(=O)O)CCC2)C1. The first-order chi connectivity index (χ1) is 8.99. The van der Waals surface area contributed by atoms with Crippen molar-refractivity contribution < 1.29 is 14.7 Å². The Morgan fingerprint density at radius 3 is 2.63 bits per heavy atom. The van der Waals surface area contributed by atoms with Gasteiger partial charge in [0.2, 0.25) is 0 Å². The highest BCUT2D eigenvalue weighted by Gasteiger charge is 2.40. The summed E-state index contributed by atoms with van der Waals surface area (Å²) >= 11 is 0. The number of urea groups is 1. The van der Waals surface area contributed by atoms with Gasteiger partial charge in [-0.3, -0.25) is 4.79 Å². The fourth-order valence-electron chi connectivity index (χ4n) is 2.99. The zero-order valence-corrected chi connectivity index (χ0v) is 11.4. The number of hydrogen-bond donors (Lipinski definition) is 3. The van der Waals surface area contributed by atoms with Gasteiger partial charge in [-0.05, 0) is 45.7 Å². The highest BCUT2D eigenvalue weighted by Crippen LogP contribution is 2.34. The fourth-order valence-corrected chi connectivity index (χ4v) is 2.99. The summed E-state index contributed by atoms with van der Waals surface area (Å²) in [4.78, 5) is 25.0. The molecular formula is C13H23N3O3. The second kappa shape index (κ2) is 5.77. The minimum absolute atomic E-state index is 0.0188. The Labute approximate surface area is 113 Å². The molecule has 0 aromatic carbocycles. The van der Waals surface area contributed by atoms with Crippen molar-refractivity contribution in [1.82, 2.24) is 15.5 Å². The highest BCUT2D eigenvalue weighted by atomic mass is 16.4. The summed E-state index contributed by atoms with van der Waals surface area (Å²) in [6, 6.07) is -0.0537. The van der Waals surface area contributed by atoms with E-state index >= 15 is 0 Å². The van der Waals surface area contributed by atoms with Gasteiger partial charge in [0, 0.05) is 12.6 Å². The van der Waals surface area contributed by atoms with Gasteiger partial charge in [-0.15, -0.1) is 0 Å². The summed E-state index contributed by atoms with van der Waals surface area (Å²) in [5.41, 5.74) is -0.517. The summed E-state index contributed by atoms with van der Waals surface area (Å²) in [5, 5.41) is 14.7. The Morgan fingerprint density at radius 2 is 2.11 bits per heavy atom. The van der Waals surface area contributed by atoms with Gasteiger partial charge in [-0.2, -0.15) is 0 Å². The smallest absolute Gasteiger partial charge is 0.315 e. The molecule has 0 bridgehead atoms. The van der Waals surface area contributed by atoms with Crippen molar-refractivity contribution in [2.24, 2.45) is 0 Å². The number of carboxylic acids is 1. The molecule has 6 heteroatoms. The monoisotopic (exact) mass is 269 g/mol. The zero-order chi connectivity index (χ0) is 13.9. The standard InChI is InChI=1S/C13H23N3O3/c1-16-7-2-4-10(9-16)14-12(19)15-13(5-3-6-13)8-11(17)18/h10H,2-9H2,1H3,(H,17,18)(H2,14,15,19). The Morgan fingerprint density at radius 1 is 1.37 bits per heavy atom. The van der Waals surface area contributed by atoms with Crippen LogP contribution in [0.4, 0.5) is 4.79 Å². The molecule has 1 aliphatic heterocycles.